The molecule has 0 bridgehead atoms. The lowest BCUT2D eigenvalue weighted by Crippen LogP contribution is -2.22. The van der Waals surface area contributed by atoms with E-state index in [2.05, 4.69) is 35.5 Å². The lowest BCUT2D eigenvalue weighted by Gasteiger charge is -2.10. The molecule has 2 aromatic rings. The first-order valence-corrected chi connectivity index (χ1v) is 5.66. The molecular weight excluding hydrogens is 212 g/mol. The molecule has 3 N–H and O–H groups in total. The van der Waals surface area contributed by atoms with Gasteiger partial charge in [0.05, 0.1) is 0 Å². The van der Waals surface area contributed by atoms with Crippen LogP contribution in [-0.4, -0.2) is 11.0 Å². The zero-order valence-corrected chi connectivity index (χ0v) is 9.80. The van der Waals surface area contributed by atoms with Gasteiger partial charge in [-0.3, -0.25) is 0 Å². The highest BCUT2D eigenvalue weighted by Gasteiger charge is 2.08. The molecule has 88 valence electrons. The third-order valence-corrected chi connectivity index (χ3v) is 2.98. The number of oxime groups is 1. The van der Waals surface area contributed by atoms with Gasteiger partial charge in [-0.05, 0) is 22.8 Å². The summed E-state index contributed by atoms with van der Waals surface area (Å²) in [7, 11) is 0. The van der Waals surface area contributed by atoms with Crippen LogP contribution in [0.4, 0.5) is 0 Å². The fourth-order valence-corrected chi connectivity index (χ4v) is 1.92. The summed E-state index contributed by atoms with van der Waals surface area (Å²) in [6.07, 6.45) is 0.778. The smallest absolute Gasteiger partial charge is 0.142 e. The second-order valence-corrected chi connectivity index (χ2v) is 4.31. The second kappa shape index (κ2) is 4.87. The Morgan fingerprint density at radius 1 is 1.24 bits per heavy atom. The molecule has 3 heteroatoms. The predicted molar refractivity (Wildman–Crippen MR) is 70.2 cm³/mol. The molecule has 3 nitrogen and oxygen atoms in total. The molecule has 0 aliphatic rings. The zero-order chi connectivity index (χ0) is 12.3. The van der Waals surface area contributed by atoms with Gasteiger partial charge in [-0.15, -0.1) is 0 Å². The Bertz CT molecular complexity index is 549. The summed E-state index contributed by atoms with van der Waals surface area (Å²) in [5.41, 5.74) is 6.77. The van der Waals surface area contributed by atoms with Crippen LogP contribution in [0.15, 0.2) is 47.6 Å². The van der Waals surface area contributed by atoms with Gasteiger partial charge in [0.25, 0.3) is 0 Å². The number of hydrogen-bond donors (Lipinski definition) is 2. The Hall–Kier alpha value is -2.03. The Balaban J connectivity index is 2.25. The van der Waals surface area contributed by atoms with Gasteiger partial charge in [-0.25, -0.2) is 0 Å². The molecule has 0 fully saturated rings. The lowest BCUT2D eigenvalue weighted by atomic mass is 9.98. The summed E-state index contributed by atoms with van der Waals surface area (Å²) in [6.45, 7) is 1.95. The maximum atomic E-state index is 8.62. The molecule has 0 spiro atoms. The van der Waals surface area contributed by atoms with Gasteiger partial charge in [-0.2, -0.15) is 0 Å². The standard InChI is InChI=1S/C14H16N2O/c1-10(14(15)16-17)8-11-6-7-12-4-2-3-5-13(12)9-11/h2-7,9-10,17H,8H2,1H3,(H2,15,16). The van der Waals surface area contributed by atoms with E-state index < -0.39 is 0 Å². The van der Waals surface area contributed by atoms with Crippen molar-refractivity contribution in [2.45, 2.75) is 13.3 Å². The third kappa shape index (κ3) is 2.56. The highest BCUT2D eigenvalue weighted by molar-refractivity contribution is 5.84. The van der Waals surface area contributed by atoms with Gasteiger partial charge in [0.15, 0.2) is 0 Å². The maximum absolute atomic E-state index is 8.62. The lowest BCUT2D eigenvalue weighted by molar-refractivity contribution is 0.314. The number of benzene rings is 2. The van der Waals surface area contributed by atoms with Crippen LogP contribution in [0.5, 0.6) is 0 Å². The topological polar surface area (TPSA) is 58.6 Å². The third-order valence-electron chi connectivity index (χ3n) is 2.98. The van der Waals surface area contributed by atoms with E-state index in [1.807, 2.05) is 19.1 Å². The van der Waals surface area contributed by atoms with E-state index in [4.69, 9.17) is 10.9 Å². The number of nitrogens with two attached hydrogens (primary N) is 1. The second-order valence-electron chi connectivity index (χ2n) is 4.31. The van der Waals surface area contributed by atoms with Gasteiger partial charge < -0.3 is 10.9 Å². The fourth-order valence-electron chi connectivity index (χ4n) is 1.92. The summed E-state index contributed by atoms with van der Waals surface area (Å²) < 4.78 is 0. The summed E-state index contributed by atoms with van der Waals surface area (Å²) in [5, 5.41) is 14.1. The van der Waals surface area contributed by atoms with E-state index in [0.717, 1.165) is 6.42 Å². The van der Waals surface area contributed by atoms with Crippen LogP contribution >= 0.6 is 0 Å². The molecule has 0 radical (unpaired) electrons. The number of nitrogens with zero attached hydrogens (tertiary/aromatic N) is 1. The molecule has 0 aliphatic heterocycles. The average molecular weight is 228 g/mol. The molecule has 0 saturated heterocycles. The minimum absolute atomic E-state index is 0.0427. The van der Waals surface area contributed by atoms with Crippen molar-refractivity contribution in [3.05, 3.63) is 48.0 Å². The van der Waals surface area contributed by atoms with Crippen LogP contribution in [0.1, 0.15) is 12.5 Å². The van der Waals surface area contributed by atoms with E-state index in [-0.39, 0.29) is 11.8 Å². The quantitative estimate of drug-likeness (QED) is 0.367. The molecule has 2 rings (SSSR count). The fraction of sp³-hybridized carbons (Fsp3) is 0.214. The van der Waals surface area contributed by atoms with Crippen molar-refractivity contribution in [2.24, 2.45) is 16.8 Å². The molecule has 0 heterocycles. The molecule has 0 amide bonds. The average Bonchev–Trinajstić information content (AvgIpc) is 2.37. The van der Waals surface area contributed by atoms with Gasteiger partial charge in [-0.1, -0.05) is 54.5 Å². The Morgan fingerprint density at radius 3 is 2.65 bits per heavy atom. The van der Waals surface area contributed by atoms with E-state index in [9.17, 15) is 0 Å². The first-order valence-electron chi connectivity index (χ1n) is 5.66. The molecular formula is C14H16N2O. The number of rotatable bonds is 3. The van der Waals surface area contributed by atoms with Crippen LogP contribution in [0.2, 0.25) is 0 Å². The van der Waals surface area contributed by atoms with Crippen LogP contribution in [0, 0.1) is 5.92 Å². The molecule has 0 aromatic heterocycles. The number of fused-ring (bicyclic) bond motifs is 1. The first-order chi connectivity index (χ1) is 8.20. The normalized spacial score (nSPS) is 13.8. The molecule has 1 unspecified atom stereocenters. The van der Waals surface area contributed by atoms with Gasteiger partial charge in [0.1, 0.15) is 5.84 Å². The maximum Gasteiger partial charge on any atom is 0.142 e. The Labute approximate surface area is 101 Å². The summed E-state index contributed by atoms with van der Waals surface area (Å²) in [5.74, 6) is 0.319. The SMILES string of the molecule is CC(Cc1ccc2ccccc2c1)/C(N)=N/O. The van der Waals surface area contributed by atoms with Crippen molar-refractivity contribution in [2.75, 3.05) is 0 Å². The summed E-state index contributed by atoms with van der Waals surface area (Å²) in [4.78, 5) is 0. The van der Waals surface area contributed by atoms with Crippen molar-refractivity contribution in [1.29, 1.82) is 0 Å². The highest BCUT2D eigenvalue weighted by Crippen LogP contribution is 2.17. The van der Waals surface area contributed by atoms with Crippen molar-refractivity contribution < 1.29 is 5.21 Å². The van der Waals surface area contributed by atoms with Crippen LogP contribution in [0.3, 0.4) is 0 Å². The van der Waals surface area contributed by atoms with Crippen LogP contribution < -0.4 is 5.73 Å². The van der Waals surface area contributed by atoms with E-state index in [1.54, 1.807) is 0 Å². The van der Waals surface area contributed by atoms with Gasteiger partial charge in [0, 0.05) is 5.92 Å². The molecule has 0 saturated carbocycles. The van der Waals surface area contributed by atoms with Crippen molar-refractivity contribution >= 4 is 16.6 Å². The number of hydrogen-bond acceptors (Lipinski definition) is 2. The minimum Gasteiger partial charge on any atom is -0.409 e. The molecule has 1 atom stereocenters. The van der Waals surface area contributed by atoms with Crippen LogP contribution in [0.25, 0.3) is 10.8 Å². The zero-order valence-electron chi connectivity index (χ0n) is 9.80. The largest absolute Gasteiger partial charge is 0.409 e. The molecule has 0 aliphatic carbocycles. The Kier molecular flexibility index (Phi) is 3.28. The van der Waals surface area contributed by atoms with Crippen molar-refractivity contribution in [1.82, 2.24) is 0 Å². The van der Waals surface area contributed by atoms with E-state index in [1.165, 1.54) is 16.3 Å². The number of amidine groups is 1. The highest BCUT2D eigenvalue weighted by atomic mass is 16.4. The van der Waals surface area contributed by atoms with Crippen molar-refractivity contribution in [3.8, 4) is 0 Å². The summed E-state index contributed by atoms with van der Waals surface area (Å²) >= 11 is 0. The van der Waals surface area contributed by atoms with Gasteiger partial charge in [0.2, 0.25) is 0 Å². The Morgan fingerprint density at radius 2 is 1.94 bits per heavy atom. The van der Waals surface area contributed by atoms with E-state index in [0.29, 0.717) is 0 Å². The predicted octanol–water partition coefficient (Wildman–Crippen LogP) is 2.76. The minimum atomic E-state index is 0.0427. The first kappa shape index (κ1) is 11.5. The van der Waals surface area contributed by atoms with Crippen molar-refractivity contribution in [3.63, 3.8) is 0 Å². The summed E-state index contributed by atoms with van der Waals surface area (Å²) in [6, 6.07) is 14.6. The van der Waals surface area contributed by atoms with Gasteiger partial charge >= 0.3 is 0 Å². The molecule has 2 aromatic carbocycles. The van der Waals surface area contributed by atoms with E-state index >= 15 is 0 Å². The monoisotopic (exact) mass is 228 g/mol. The molecule has 17 heavy (non-hydrogen) atoms. The van der Waals surface area contributed by atoms with Crippen LogP contribution in [-0.2, 0) is 6.42 Å².